The minimum atomic E-state index is 0.0896. The normalized spacial score (nSPS) is 22.1. The van der Waals surface area contributed by atoms with Crippen LogP contribution in [0.2, 0.25) is 0 Å². The van der Waals surface area contributed by atoms with Crippen molar-refractivity contribution in [3.8, 4) is 0 Å². The number of nitrogens with zero attached hydrogens (tertiary/aromatic N) is 1. The van der Waals surface area contributed by atoms with Crippen molar-refractivity contribution in [3.05, 3.63) is 35.4 Å². The fraction of sp³-hybridized carbons (Fsp3) is 0.647. The number of ether oxygens (including phenoxy) is 1. The first-order valence-electron chi connectivity index (χ1n) is 7.70. The molecule has 0 bridgehead atoms. The number of rotatable bonds is 5. The highest BCUT2D eigenvalue weighted by atomic mass is 16.5. The average Bonchev–Trinajstić information content (AvgIpc) is 2.47. The molecule has 2 N–H and O–H groups in total. The minimum Gasteiger partial charge on any atom is -0.380 e. The Kier molecular flexibility index (Phi) is 5.58. The lowest BCUT2D eigenvalue weighted by atomic mass is 9.98. The van der Waals surface area contributed by atoms with Crippen LogP contribution in [0, 0.1) is 0 Å². The Labute approximate surface area is 123 Å². The van der Waals surface area contributed by atoms with Gasteiger partial charge in [0.1, 0.15) is 0 Å². The fourth-order valence-electron chi connectivity index (χ4n) is 2.88. The summed E-state index contributed by atoms with van der Waals surface area (Å²) < 4.78 is 5.47. The number of nitrogens with two attached hydrogens (primary N) is 1. The van der Waals surface area contributed by atoms with Gasteiger partial charge in [-0.1, -0.05) is 38.1 Å². The average molecular weight is 276 g/mol. The van der Waals surface area contributed by atoms with Gasteiger partial charge in [0.05, 0.1) is 6.10 Å². The molecule has 1 aromatic rings. The van der Waals surface area contributed by atoms with Gasteiger partial charge in [0.2, 0.25) is 0 Å². The van der Waals surface area contributed by atoms with Crippen molar-refractivity contribution in [1.82, 2.24) is 4.90 Å². The first-order chi connectivity index (χ1) is 9.60. The molecule has 1 aliphatic heterocycles. The van der Waals surface area contributed by atoms with E-state index in [1.807, 2.05) is 0 Å². The van der Waals surface area contributed by atoms with E-state index in [9.17, 15) is 0 Å². The molecule has 1 aliphatic rings. The molecular weight excluding hydrogens is 248 g/mol. The van der Waals surface area contributed by atoms with Crippen LogP contribution in [0.3, 0.4) is 0 Å². The van der Waals surface area contributed by atoms with E-state index < -0.39 is 0 Å². The smallest absolute Gasteiger partial charge is 0.0698 e. The van der Waals surface area contributed by atoms with Gasteiger partial charge in [-0.25, -0.2) is 0 Å². The van der Waals surface area contributed by atoms with Gasteiger partial charge in [0.15, 0.2) is 0 Å². The maximum Gasteiger partial charge on any atom is 0.0698 e. The van der Waals surface area contributed by atoms with Gasteiger partial charge < -0.3 is 10.5 Å². The Morgan fingerprint density at radius 3 is 2.50 bits per heavy atom. The second kappa shape index (κ2) is 7.21. The number of methoxy groups -OCH3 is 1. The molecule has 3 nitrogen and oxygen atoms in total. The van der Waals surface area contributed by atoms with Gasteiger partial charge in [0, 0.05) is 26.2 Å². The predicted molar refractivity (Wildman–Crippen MR) is 83.9 cm³/mol. The van der Waals surface area contributed by atoms with Gasteiger partial charge in [-0.05, 0) is 36.4 Å². The van der Waals surface area contributed by atoms with Gasteiger partial charge in [-0.2, -0.15) is 0 Å². The zero-order valence-corrected chi connectivity index (χ0v) is 13.0. The summed E-state index contributed by atoms with van der Waals surface area (Å²) in [5.74, 6) is 0.574. The summed E-state index contributed by atoms with van der Waals surface area (Å²) in [6.07, 6.45) is 2.75. The molecule has 20 heavy (non-hydrogen) atoms. The standard InChI is InChI=1S/C17H28N2O/c1-13(2)14-6-8-15(9-7-14)17(18)12-19-10-4-5-16(11-19)20-3/h6-9,13,16-17H,4-5,10-12,18H2,1-3H3. The fourth-order valence-corrected chi connectivity index (χ4v) is 2.88. The molecule has 2 unspecified atom stereocenters. The van der Waals surface area contributed by atoms with E-state index in [4.69, 9.17) is 10.5 Å². The third-order valence-electron chi connectivity index (χ3n) is 4.28. The summed E-state index contributed by atoms with van der Waals surface area (Å²) in [4.78, 5) is 2.43. The van der Waals surface area contributed by atoms with Gasteiger partial charge >= 0.3 is 0 Å². The van der Waals surface area contributed by atoms with Crippen LogP contribution in [-0.2, 0) is 4.74 Å². The quantitative estimate of drug-likeness (QED) is 0.898. The van der Waals surface area contributed by atoms with Crippen molar-refractivity contribution in [1.29, 1.82) is 0 Å². The molecule has 1 fully saturated rings. The number of hydrogen-bond donors (Lipinski definition) is 1. The molecule has 1 saturated heterocycles. The second-order valence-corrected chi connectivity index (χ2v) is 6.19. The Balaban J connectivity index is 1.92. The predicted octanol–water partition coefficient (Wildman–Crippen LogP) is 2.92. The molecule has 2 atom stereocenters. The van der Waals surface area contributed by atoms with Crippen molar-refractivity contribution in [2.24, 2.45) is 5.73 Å². The number of hydrogen-bond acceptors (Lipinski definition) is 3. The van der Waals surface area contributed by atoms with Crippen molar-refractivity contribution in [2.75, 3.05) is 26.7 Å². The maximum atomic E-state index is 6.36. The highest BCUT2D eigenvalue weighted by Gasteiger charge is 2.21. The van der Waals surface area contributed by atoms with Crippen molar-refractivity contribution < 1.29 is 4.74 Å². The van der Waals surface area contributed by atoms with Crippen molar-refractivity contribution in [2.45, 2.75) is 44.8 Å². The van der Waals surface area contributed by atoms with E-state index >= 15 is 0 Å². The van der Waals surface area contributed by atoms with Gasteiger partial charge in [-0.15, -0.1) is 0 Å². The van der Waals surface area contributed by atoms with E-state index in [1.54, 1.807) is 7.11 Å². The third-order valence-corrected chi connectivity index (χ3v) is 4.28. The topological polar surface area (TPSA) is 38.5 Å². The lowest BCUT2D eigenvalue weighted by Crippen LogP contribution is -2.42. The van der Waals surface area contributed by atoms with Crippen molar-refractivity contribution in [3.63, 3.8) is 0 Å². The number of likely N-dealkylation sites (tertiary alicyclic amines) is 1. The highest BCUT2D eigenvalue weighted by molar-refractivity contribution is 5.26. The summed E-state index contributed by atoms with van der Waals surface area (Å²) in [5, 5.41) is 0. The zero-order chi connectivity index (χ0) is 14.5. The molecule has 2 rings (SSSR count). The molecule has 0 aromatic heterocycles. The maximum absolute atomic E-state index is 6.36. The van der Waals surface area contributed by atoms with Crippen LogP contribution in [0.5, 0.6) is 0 Å². The van der Waals surface area contributed by atoms with Crippen LogP contribution in [0.4, 0.5) is 0 Å². The van der Waals surface area contributed by atoms with E-state index in [1.165, 1.54) is 24.0 Å². The second-order valence-electron chi connectivity index (χ2n) is 6.19. The third kappa shape index (κ3) is 4.05. The van der Waals surface area contributed by atoms with E-state index in [2.05, 4.69) is 43.0 Å². The summed E-state index contributed by atoms with van der Waals surface area (Å²) in [6.45, 7) is 7.49. The van der Waals surface area contributed by atoms with Crippen molar-refractivity contribution >= 4 is 0 Å². The largest absolute Gasteiger partial charge is 0.380 e. The molecule has 1 aromatic carbocycles. The van der Waals surface area contributed by atoms with Crippen LogP contribution in [0.1, 0.15) is 49.8 Å². The first-order valence-corrected chi connectivity index (χ1v) is 7.70. The number of piperidine rings is 1. The Bertz CT molecular complexity index is 402. The molecular formula is C17H28N2O. The monoisotopic (exact) mass is 276 g/mol. The van der Waals surface area contributed by atoms with E-state index in [-0.39, 0.29) is 6.04 Å². The molecule has 3 heteroatoms. The Morgan fingerprint density at radius 1 is 1.25 bits per heavy atom. The summed E-state index contributed by atoms with van der Waals surface area (Å²) in [7, 11) is 1.80. The lowest BCUT2D eigenvalue weighted by Gasteiger charge is -2.33. The molecule has 0 radical (unpaired) electrons. The molecule has 1 heterocycles. The summed E-state index contributed by atoms with van der Waals surface area (Å²) in [5.41, 5.74) is 8.96. The van der Waals surface area contributed by atoms with Gasteiger partial charge in [-0.3, -0.25) is 4.90 Å². The Hall–Kier alpha value is -0.900. The Morgan fingerprint density at radius 2 is 1.90 bits per heavy atom. The van der Waals surface area contributed by atoms with Crippen LogP contribution in [0.15, 0.2) is 24.3 Å². The van der Waals surface area contributed by atoms with E-state index in [0.717, 1.165) is 19.6 Å². The zero-order valence-electron chi connectivity index (χ0n) is 13.0. The highest BCUT2D eigenvalue weighted by Crippen LogP contribution is 2.20. The SMILES string of the molecule is COC1CCCN(CC(N)c2ccc(C(C)C)cc2)C1. The van der Waals surface area contributed by atoms with E-state index in [0.29, 0.717) is 12.0 Å². The lowest BCUT2D eigenvalue weighted by molar-refractivity contribution is 0.0294. The minimum absolute atomic E-state index is 0.0896. The number of benzene rings is 1. The molecule has 0 aliphatic carbocycles. The summed E-state index contributed by atoms with van der Waals surface area (Å²) >= 11 is 0. The molecule has 0 amide bonds. The molecule has 112 valence electrons. The molecule has 0 spiro atoms. The first kappa shape index (κ1) is 15.5. The van der Waals surface area contributed by atoms with Crippen LogP contribution >= 0.6 is 0 Å². The summed E-state index contributed by atoms with van der Waals surface area (Å²) in [6, 6.07) is 8.85. The van der Waals surface area contributed by atoms with Crippen LogP contribution in [-0.4, -0.2) is 37.7 Å². The molecule has 0 saturated carbocycles. The van der Waals surface area contributed by atoms with Crippen LogP contribution in [0.25, 0.3) is 0 Å². The van der Waals surface area contributed by atoms with Gasteiger partial charge in [0.25, 0.3) is 0 Å². The van der Waals surface area contributed by atoms with Crippen LogP contribution < -0.4 is 5.73 Å².